The Labute approximate surface area is 127 Å². The van der Waals surface area contributed by atoms with Crippen LogP contribution in [-0.4, -0.2) is 17.0 Å². The van der Waals surface area contributed by atoms with E-state index in [1.807, 2.05) is 6.92 Å². The largest absolute Gasteiger partial charge is 0.478 e. The lowest BCUT2D eigenvalue weighted by molar-refractivity contribution is 0.0696. The van der Waals surface area contributed by atoms with Gasteiger partial charge in [-0.3, -0.25) is 4.79 Å². The Morgan fingerprint density at radius 2 is 1.76 bits per heavy atom. The van der Waals surface area contributed by atoms with E-state index in [0.29, 0.717) is 21.8 Å². The van der Waals surface area contributed by atoms with Crippen molar-refractivity contribution < 1.29 is 14.7 Å². The third-order valence-electron chi connectivity index (χ3n) is 3.13. The molecule has 0 aromatic heterocycles. The zero-order chi connectivity index (χ0) is 15.6. The van der Waals surface area contributed by atoms with Gasteiger partial charge in [0.05, 0.1) is 5.56 Å². The van der Waals surface area contributed by atoms with E-state index >= 15 is 0 Å². The van der Waals surface area contributed by atoms with Crippen LogP contribution in [0.4, 0.5) is 5.69 Å². The average Bonchev–Trinajstić information content (AvgIpc) is 2.41. The number of hydrogen-bond donors (Lipinski definition) is 2. The van der Waals surface area contributed by atoms with Crippen LogP contribution in [0.3, 0.4) is 0 Å². The molecule has 0 aliphatic heterocycles. The SMILES string of the molecule is Cc1cc(C(=O)Nc2ccc(C(=O)O)c(C)c2)ccc1Cl. The van der Waals surface area contributed by atoms with Gasteiger partial charge in [0.2, 0.25) is 0 Å². The molecule has 0 spiro atoms. The summed E-state index contributed by atoms with van der Waals surface area (Å²) in [5, 5.41) is 12.3. The summed E-state index contributed by atoms with van der Waals surface area (Å²) in [4.78, 5) is 23.1. The summed E-state index contributed by atoms with van der Waals surface area (Å²) < 4.78 is 0. The van der Waals surface area contributed by atoms with Crippen LogP contribution in [0.5, 0.6) is 0 Å². The van der Waals surface area contributed by atoms with Crippen molar-refractivity contribution in [2.45, 2.75) is 13.8 Å². The number of aromatic carboxylic acids is 1. The average molecular weight is 304 g/mol. The first kappa shape index (κ1) is 15.1. The topological polar surface area (TPSA) is 66.4 Å². The summed E-state index contributed by atoms with van der Waals surface area (Å²) >= 11 is 5.93. The summed E-state index contributed by atoms with van der Waals surface area (Å²) in [5.74, 6) is -1.25. The van der Waals surface area contributed by atoms with Crippen molar-refractivity contribution in [1.82, 2.24) is 0 Å². The highest BCUT2D eigenvalue weighted by Crippen LogP contribution is 2.19. The molecule has 0 aliphatic carbocycles. The zero-order valence-electron chi connectivity index (χ0n) is 11.6. The number of carbonyl (C=O) groups excluding carboxylic acids is 1. The van der Waals surface area contributed by atoms with E-state index in [0.717, 1.165) is 5.56 Å². The normalized spacial score (nSPS) is 10.2. The second-order valence-corrected chi connectivity index (χ2v) is 5.16. The standard InChI is InChI=1S/C16H14ClNO3/c1-9-8-12(4-5-13(9)16(20)21)18-15(19)11-3-6-14(17)10(2)7-11/h3-8H,1-2H3,(H,18,19)(H,20,21). The van der Waals surface area contributed by atoms with E-state index in [1.165, 1.54) is 6.07 Å². The van der Waals surface area contributed by atoms with Crippen molar-refractivity contribution in [1.29, 1.82) is 0 Å². The predicted octanol–water partition coefficient (Wildman–Crippen LogP) is 3.91. The van der Waals surface area contributed by atoms with Crippen LogP contribution >= 0.6 is 11.6 Å². The number of benzene rings is 2. The van der Waals surface area contributed by atoms with Crippen molar-refractivity contribution >= 4 is 29.2 Å². The molecule has 2 aromatic carbocycles. The smallest absolute Gasteiger partial charge is 0.335 e. The van der Waals surface area contributed by atoms with Crippen LogP contribution in [0.2, 0.25) is 5.02 Å². The Balaban J connectivity index is 2.21. The lowest BCUT2D eigenvalue weighted by atomic mass is 10.1. The van der Waals surface area contributed by atoms with E-state index in [-0.39, 0.29) is 11.5 Å². The molecule has 0 atom stereocenters. The van der Waals surface area contributed by atoms with Gasteiger partial charge in [-0.15, -0.1) is 0 Å². The fourth-order valence-electron chi connectivity index (χ4n) is 1.97. The Bertz CT molecular complexity index is 725. The highest BCUT2D eigenvalue weighted by molar-refractivity contribution is 6.31. The second kappa shape index (κ2) is 5.97. The van der Waals surface area contributed by atoms with Gasteiger partial charge in [-0.2, -0.15) is 0 Å². The van der Waals surface area contributed by atoms with Gasteiger partial charge in [-0.1, -0.05) is 11.6 Å². The fraction of sp³-hybridized carbons (Fsp3) is 0.125. The maximum atomic E-state index is 12.1. The van der Waals surface area contributed by atoms with Gasteiger partial charge in [0, 0.05) is 16.3 Å². The van der Waals surface area contributed by atoms with E-state index < -0.39 is 5.97 Å². The maximum Gasteiger partial charge on any atom is 0.335 e. The van der Waals surface area contributed by atoms with Gasteiger partial charge in [0.1, 0.15) is 0 Å². The van der Waals surface area contributed by atoms with E-state index in [2.05, 4.69) is 5.32 Å². The highest BCUT2D eigenvalue weighted by atomic mass is 35.5. The van der Waals surface area contributed by atoms with Crippen LogP contribution in [0.15, 0.2) is 36.4 Å². The second-order valence-electron chi connectivity index (χ2n) is 4.75. The third kappa shape index (κ3) is 3.41. The number of carboxylic acids is 1. The third-order valence-corrected chi connectivity index (χ3v) is 3.56. The first-order valence-electron chi connectivity index (χ1n) is 6.30. The first-order valence-corrected chi connectivity index (χ1v) is 6.67. The minimum Gasteiger partial charge on any atom is -0.478 e. The van der Waals surface area contributed by atoms with E-state index in [4.69, 9.17) is 16.7 Å². The van der Waals surface area contributed by atoms with Gasteiger partial charge >= 0.3 is 5.97 Å². The van der Waals surface area contributed by atoms with Crippen molar-refractivity contribution in [3.05, 3.63) is 63.7 Å². The Hall–Kier alpha value is -2.33. The quantitative estimate of drug-likeness (QED) is 0.903. The van der Waals surface area contributed by atoms with Gasteiger partial charge in [-0.25, -0.2) is 4.79 Å². The first-order chi connectivity index (χ1) is 9.88. The van der Waals surface area contributed by atoms with Crippen LogP contribution in [0, 0.1) is 13.8 Å². The Kier molecular flexibility index (Phi) is 4.29. The monoisotopic (exact) mass is 303 g/mol. The summed E-state index contributed by atoms with van der Waals surface area (Å²) in [6.45, 7) is 3.51. The number of anilines is 1. The Morgan fingerprint density at radius 1 is 1.05 bits per heavy atom. The van der Waals surface area contributed by atoms with Crippen LogP contribution < -0.4 is 5.32 Å². The molecule has 2 aromatic rings. The molecule has 1 amide bonds. The molecule has 2 N–H and O–H groups in total. The van der Waals surface area contributed by atoms with E-state index in [9.17, 15) is 9.59 Å². The zero-order valence-corrected chi connectivity index (χ0v) is 12.4. The number of carboxylic acid groups (broad SMARTS) is 1. The van der Waals surface area contributed by atoms with Gasteiger partial charge in [0.15, 0.2) is 0 Å². The number of nitrogens with one attached hydrogen (secondary N) is 1. The molecule has 21 heavy (non-hydrogen) atoms. The number of aryl methyl sites for hydroxylation is 2. The minimum absolute atomic E-state index is 0.218. The van der Waals surface area contributed by atoms with Crippen LogP contribution in [0.25, 0.3) is 0 Å². The minimum atomic E-state index is -0.987. The maximum absolute atomic E-state index is 12.1. The summed E-state index contributed by atoms with van der Waals surface area (Å²) in [5.41, 5.74) is 2.68. The van der Waals surface area contributed by atoms with Crippen molar-refractivity contribution in [2.75, 3.05) is 5.32 Å². The molecule has 0 bridgehead atoms. The van der Waals surface area contributed by atoms with Gasteiger partial charge in [0.25, 0.3) is 5.91 Å². The molecule has 0 aliphatic rings. The number of hydrogen-bond acceptors (Lipinski definition) is 2. The fourth-order valence-corrected chi connectivity index (χ4v) is 2.09. The number of rotatable bonds is 3. The lowest BCUT2D eigenvalue weighted by Gasteiger charge is -2.08. The molecule has 0 saturated heterocycles. The van der Waals surface area contributed by atoms with E-state index in [1.54, 1.807) is 37.3 Å². The number of amides is 1. The van der Waals surface area contributed by atoms with Gasteiger partial charge < -0.3 is 10.4 Å². The molecule has 0 heterocycles. The van der Waals surface area contributed by atoms with Crippen molar-refractivity contribution in [3.8, 4) is 0 Å². The molecule has 0 unspecified atom stereocenters. The number of halogens is 1. The molecule has 0 fully saturated rings. The predicted molar refractivity (Wildman–Crippen MR) is 82.3 cm³/mol. The molecule has 0 radical (unpaired) electrons. The molecular weight excluding hydrogens is 290 g/mol. The van der Waals surface area contributed by atoms with Crippen LogP contribution in [-0.2, 0) is 0 Å². The van der Waals surface area contributed by atoms with Crippen LogP contribution in [0.1, 0.15) is 31.8 Å². The molecule has 4 nitrogen and oxygen atoms in total. The molecule has 2 rings (SSSR count). The van der Waals surface area contributed by atoms with Crippen molar-refractivity contribution in [2.24, 2.45) is 0 Å². The van der Waals surface area contributed by atoms with Gasteiger partial charge in [-0.05, 0) is 61.4 Å². The number of carbonyl (C=O) groups is 2. The molecular formula is C16H14ClNO3. The summed E-state index contributed by atoms with van der Waals surface area (Å²) in [6.07, 6.45) is 0. The molecule has 5 heteroatoms. The van der Waals surface area contributed by atoms with Crippen molar-refractivity contribution in [3.63, 3.8) is 0 Å². The highest BCUT2D eigenvalue weighted by Gasteiger charge is 2.10. The molecule has 108 valence electrons. The molecule has 0 saturated carbocycles. The summed E-state index contributed by atoms with van der Waals surface area (Å²) in [6, 6.07) is 9.69. The lowest BCUT2D eigenvalue weighted by Crippen LogP contribution is -2.12. The summed E-state index contributed by atoms with van der Waals surface area (Å²) in [7, 11) is 0. The Morgan fingerprint density at radius 3 is 2.33 bits per heavy atom.